The minimum Gasteiger partial charge on any atom is -0.386 e. The van der Waals surface area contributed by atoms with Crippen LogP contribution in [0.5, 0.6) is 0 Å². The van der Waals surface area contributed by atoms with Gasteiger partial charge in [-0.1, -0.05) is 36.4 Å². The minimum atomic E-state index is -3.30. The minimum absolute atomic E-state index is 0.179. The Balaban J connectivity index is 2.17. The number of aliphatic hydroxyl groups excluding tert-OH is 1. The number of benzene rings is 2. The first-order valence-electron chi connectivity index (χ1n) is 7.86. The van der Waals surface area contributed by atoms with Crippen molar-refractivity contribution in [1.82, 2.24) is 5.32 Å². The van der Waals surface area contributed by atoms with Gasteiger partial charge in [0.05, 0.1) is 10.9 Å². The van der Waals surface area contributed by atoms with E-state index >= 15 is 0 Å². The van der Waals surface area contributed by atoms with Gasteiger partial charge < -0.3 is 10.4 Å². The largest absolute Gasteiger partial charge is 0.386 e. The Kier molecular flexibility index (Phi) is 6.61. The molecule has 0 unspecified atom stereocenters. The number of carbonyl (C=O) groups is 1. The van der Waals surface area contributed by atoms with Crippen LogP contribution in [0.1, 0.15) is 11.7 Å². The van der Waals surface area contributed by atoms with Gasteiger partial charge in [0, 0.05) is 6.26 Å². The van der Waals surface area contributed by atoms with Gasteiger partial charge >= 0.3 is 6.43 Å². The topological polar surface area (TPSA) is 83.5 Å². The van der Waals surface area contributed by atoms with Crippen molar-refractivity contribution in [2.75, 3.05) is 12.9 Å². The standard InChI is InChI=1S/C18H18F3NO4S/c1-27(25,26)14-8-6-12(7-9-14)11-2-4-13(5-3-11)16(23)15(10-19)22-18(24)17(20)21/h2-9,15-17,23H,10H2,1H3,(H,22,24)/t15-,16-/m1/s1. The maximum atomic E-state index is 13.0. The summed E-state index contributed by atoms with van der Waals surface area (Å²) in [7, 11) is -3.30. The molecule has 0 aliphatic rings. The molecule has 0 bridgehead atoms. The number of alkyl halides is 3. The van der Waals surface area contributed by atoms with Crippen molar-refractivity contribution in [3.63, 3.8) is 0 Å². The normalized spacial score (nSPS) is 14.0. The molecule has 0 saturated heterocycles. The van der Waals surface area contributed by atoms with E-state index in [2.05, 4.69) is 0 Å². The Hall–Kier alpha value is -2.39. The van der Waals surface area contributed by atoms with E-state index in [4.69, 9.17) is 0 Å². The van der Waals surface area contributed by atoms with Crippen LogP contribution >= 0.6 is 0 Å². The molecule has 5 nitrogen and oxygen atoms in total. The van der Waals surface area contributed by atoms with Crippen LogP contribution in [0.25, 0.3) is 11.1 Å². The van der Waals surface area contributed by atoms with Gasteiger partial charge in [-0.3, -0.25) is 4.79 Å². The SMILES string of the molecule is CS(=O)(=O)c1ccc(-c2ccc([C@@H](O)[C@@H](CF)NC(=O)C(F)F)cc2)cc1. The van der Waals surface area contributed by atoms with Crippen LogP contribution in [-0.4, -0.2) is 44.8 Å². The number of amides is 1. The van der Waals surface area contributed by atoms with Gasteiger partial charge in [0.1, 0.15) is 12.8 Å². The third-order valence-corrected chi connectivity index (χ3v) is 5.07. The molecule has 0 radical (unpaired) electrons. The molecule has 1 amide bonds. The van der Waals surface area contributed by atoms with E-state index < -0.39 is 41.0 Å². The first-order valence-corrected chi connectivity index (χ1v) is 9.75. The zero-order valence-corrected chi connectivity index (χ0v) is 15.1. The van der Waals surface area contributed by atoms with Gasteiger partial charge in [-0.15, -0.1) is 0 Å². The van der Waals surface area contributed by atoms with Crippen LogP contribution < -0.4 is 5.32 Å². The Morgan fingerprint density at radius 3 is 1.93 bits per heavy atom. The number of hydrogen-bond acceptors (Lipinski definition) is 4. The molecule has 0 fully saturated rings. The number of sulfone groups is 1. The van der Waals surface area contributed by atoms with Gasteiger partial charge in [-0.2, -0.15) is 8.78 Å². The lowest BCUT2D eigenvalue weighted by Gasteiger charge is -2.22. The summed E-state index contributed by atoms with van der Waals surface area (Å²) in [5, 5.41) is 11.9. The second-order valence-corrected chi connectivity index (χ2v) is 7.95. The predicted molar refractivity (Wildman–Crippen MR) is 93.9 cm³/mol. The third-order valence-electron chi connectivity index (χ3n) is 3.94. The maximum Gasteiger partial charge on any atom is 0.315 e. The molecule has 0 spiro atoms. The molecule has 2 N–H and O–H groups in total. The van der Waals surface area contributed by atoms with Gasteiger partial charge in [0.2, 0.25) is 0 Å². The smallest absolute Gasteiger partial charge is 0.315 e. The van der Waals surface area contributed by atoms with Crippen molar-refractivity contribution in [3.8, 4) is 11.1 Å². The number of aliphatic hydroxyl groups is 1. The fourth-order valence-electron chi connectivity index (χ4n) is 2.45. The molecule has 2 aromatic carbocycles. The molecular weight excluding hydrogens is 383 g/mol. The lowest BCUT2D eigenvalue weighted by molar-refractivity contribution is -0.133. The molecule has 0 aliphatic heterocycles. The highest BCUT2D eigenvalue weighted by atomic mass is 32.2. The Morgan fingerprint density at radius 2 is 1.52 bits per heavy atom. The molecular formula is C18H18F3NO4S. The van der Waals surface area contributed by atoms with Gasteiger partial charge in [-0.05, 0) is 28.8 Å². The van der Waals surface area contributed by atoms with E-state index in [0.717, 1.165) is 11.8 Å². The summed E-state index contributed by atoms with van der Waals surface area (Å²) in [6, 6.07) is 10.8. The van der Waals surface area contributed by atoms with Crippen molar-refractivity contribution in [3.05, 3.63) is 54.1 Å². The van der Waals surface area contributed by atoms with Crippen LogP contribution in [0.15, 0.2) is 53.4 Å². The van der Waals surface area contributed by atoms with Crippen LogP contribution in [0.3, 0.4) is 0 Å². The lowest BCUT2D eigenvalue weighted by atomic mass is 9.99. The van der Waals surface area contributed by atoms with Crippen molar-refractivity contribution >= 4 is 15.7 Å². The van der Waals surface area contributed by atoms with E-state index in [-0.39, 0.29) is 10.5 Å². The van der Waals surface area contributed by atoms with E-state index in [0.29, 0.717) is 5.56 Å². The van der Waals surface area contributed by atoms with Crippen LogP contribution in [0, 0.1) is 0 Å². The van der Waals surface area contributed by atoms with Crippen LogP contribution in [-0.2, 0) is 14.6 Å². The zero-order valence-electron chi connectivity index (χ0n) is 14.3. The summed E-state index contributed by atoms with van der Waals surface area (Å²) < 4.78 is 60.5. The average Bonchev–Trinajstić information content (AvgIpc) is 2.64. The Morgan fingerprint density at radius 1 is 1.04 bits per heavy atom. The van der Waals surface area contributed by atoms with E-state index in [9.17, 15) is 31.5 Å². The van der Waals surface area contributed by atoms with Gasteiger partial charge in [0.15, 0.2) is 9.84 Å². The second-order valence-electron chi connectivity index (χ2n) is 5.93. The van der Waals surface area contributed by atoms with Crippen molar-refractivity contribution in [2.45, 2.75) is 23.5 Å². The summed E-state index contributed by atoms with van der Waals surface area (Å²) in [6.45, 7) is -1.21. The summed E-state index contributed by atoms with van der Waals surface area (Å²) in [4.78, 5) is 11.2. The van der Waals surface area contributed by atoms with Crippen molar-refractivity contribution < 1.29 is 31.5 Å². The van der Waals surface area contributed by atoms with Crippen molar-refractivity contribution in [2.24, 2.45) is 0 Å². The first kappa shape index (κ1) is 20.9. The average molecular weight is 401 g/mol. The molecule has 0 heterocycles. The van der Waals surface area contributed by atoms with Crippen LogP contribution in [0.4, 0.5) is 13.2 Å². The molecule has 0 aromatic heterocycles. The summed E-state index contributed by atoms with van der Waals surface area (Å²) in [6.07, 6.45) is -3.70. The number of carbonyl (C=O) groups excluding carboxylic acids is 1. The zero-order chi connectivity index (χ0) is 20.2. The lowest BCUT2D eigenvalue weighted by Crippen LogP contribution is -2.43. The second kappa shape index (κ2) is 8.53. The monoisotopic (exact) mass is 401 g/mol. The molecule has 2 aromatic rings. The van der Waals surface area contributed by atoms with Crippen LogP contribution in [0.2, 0.25) is 0 Å². The van der Waals surface area contributed by atoms with E-state index in [1.807, 2.05) is 0 Å². The predicted octanol–water partition coefficient (Wildman–Crippen LogP) is 2.51. The summed E-state index contributed by atoms with van der Waals surface area (Å²) >= 11 is 0. The number of rotatable bonds is 7. The molecule has 9 heteroatoms. The Bertz CT molecular complexity index is 884. The molecule has 0 saturated carbocycles. The molecule has 2 atom stereocenters. The van der Waals surface area contributed by atoms with Gasteiger partial charge in [0.25, 0.3) is 5.91 Å². The maximum absolute atomic E-state index is 13.0. The van der Waals surface area contributed by atoms with E-state index in [1.165, 1.54) is 24.3 Å². The fourth-order valence-corrected chi connectivity index (χ4v) is 3.08. The highest BCUT2D eigenvalue weighted by Gasteiger charge is 2.26. The highest BCUT2D eigenvalue weighted by molar-refractivity contribution is 7.90. The Labute approximate surface area is 154 Å². The molecule has 2 rings (SSSR count). The molecule has 0 aliphatic carbocycles. The third kappa shape index (κ3) is 5.30. The summed E-state index contributed by atoms with van der Waals surface area (Å²) in [5.74, 6) is -1.65. The molecule has 146 valence electrons. The quantitative estimate of drug-likeness (QED) is 0.747. The summed E-state index contributed by atoms with van der Waals surface area (Å²) in [5.41, 5.74) is 1.67. The number of halogens is 3. The molecule has 27 heavy (non-hydrogen) atoms. The number of hydrogen-bond donors (Lipinski definition) is 2. The van der Waals surface area contributed by atoms with Gasteiger partial charge in [-0.25, -0.2) is 12.8 Å². The highest BCUT2D eigenvalue weighted by Crippen LogP contribution is 2.25. The first-order chi connectivity index (χ1) is 12.6. The van der Waals surface area contributed by atoms with E-state index in [1.54, 1.807) is 29.6 Å². The van der Waals surface area contributed by atoms with Crippen molar-refractivity contribution in [1.29, 1.82) is 0 Å². The number of nitrogens with one attached hydrogen (secondary N) is 1. The fraction of sp³-hybridized carbons (Fsp3) is 0.278.